The van der Waals surface area contributed by atoms with Gasteiger partial charge in [-0.05, 0) is 292 Å². The Morgan fingerprint density at radius 1 is 0.558 bits per heavy atom. The lowest BCUT2D eigenvalue weighted by molar-refractivity contribution is -0.181. The highest BCUT2D eigenvalue weighted by molar-refractivity contribution is 5.83. The Bertz CT molecular complexity index is 4150. The molecular formula is C89H125FN10O4. The number of rotatable bonds is 7. The molecule has 1 aromatic carbocycles. The number of hydrogen-bond donors (Lipinski definition) is 6. The number of H-pyrrole nitrogens is 2. The molecule has 0 amide bonds. The molecule has 8 fully saturated rings. The fourth-order valence-corrected chi connectivity index (χ4v) is 27.0. The minimum absolute atomic E-state index is 0.0156. The average molecular weight is 1420 g/mol. The number of halogens is 1. The molecule has 4 aromatic heterocycles. The Balaban J connectivity index is 0.000000155. The van der Waals surface area contributed by atoms with Gasteiger partial charge in [0.25, 0.3) is 0 Å². The summed E-state index contributed by atoms with van der Waals surface area (Å²) in [6.45, 7) is 39.4. The normalized spacial score (nSPS) is 37.4. The van der Waals surface area contributed by atoms with Crippen molar-refractivity contribution in [1.29, 1.82) is 0 Å². The molecule has 17 rings (SSSR count). The van der Waals surface area contributed by atoms with Crippen molar-refractivity contribution in [3.8, 4) is 0 Å². The van der Waals surface area contributed by atoms with Crippen LogP contribution in [0, 0.1) is 95.6 Å². The number of nitrogens with one attached hydrogen (secondary N) is 3. The summed E-state index contributed by atoms with van der Waals surface area (Å²) in [6.07, 6.45) is 29.0. The van der Waals surface area contributed by atoms with Crippen molar-refractivity contribution >= 4 is 40.5 Å². The van der Waals surface area contributed by atoms with Crippen molar-refractivity contribution < 1.29 is 23.8 Å². The van der Waals surface area contributed by atoms with Gasteiger partial charge in [0.05, 0.1) is 10.8 Å². The van der Waals surface area contributed by atoms with Crippen molar-refractivity contribution in [1.82, 2.24) is 35.7 Å². The van der Waals surface area contributed by atoms with Gasteiger partial charge in [-0.15, -0.1) is 0 Å². The molecular weight excluding hydrogens is 1290 g/mol. The van der Waals surface area contributed by atoms with Gasteiger partial charge in [-0.3, -0.25) is 19.8 Å². The molecule has 2 aliphatic heterocycles. The number of esters is 1. The molecule has 6 heterocycles. The van der Waals surface area contributed by atoms with E-state index in [4.69, 9.17) is 21.2 Å². The fourth-order valence-electron chi connectivity index (χ4n) is 27.0. The summed E-state index contributed by atoms with van der Waals surface area (Å²) >= 11 is 0. The van der Waals surface area contributed by atoms with E-state index < -0.39 is 22.7 Å². The van der Waals surface area contributed by atoms with Crippen LogP contribution in [0.4, 0.5) is 21.8 Å². The van der Waals surface area contributed by atoms with Crippen LogP contribution in [0.15, 0.2) is 78.1 Å². The number of nitrogens with zero attached hydrogens (tertiary/aromatic N) is 5. The predicted molar refractivity (Wildman–Crippen MR) is 414 cm³/mol. The highest BCUT2D eigenvalue weighted by Gasteiger charge is 2.73. The number of benzene rings is 1. The van der Waals surface area contributed by atoms with Crippen LogP contribution in [0.1, 0.15) is 277 Å². The summed E-state index contributed by atoms with van der Waals surface area (Å²) in [7, 11) is 0. The first-order valence-electron chi connectivity index (χ1n) is 40.8. The third-order valence-corrected chi connectivity index (χ3v) is 33.0. The number of nitrogens with two attached hydrogens (primary N) is 2. The Hall–Kier alpha value is -6.35. The largest absolute Gasteiger partial charge is 0.481 e. The molecule has 12 aliphatic rings. The van der Waals surface area contributed by atoms with Gasteiger partial charge in [0, 0.05) is 58.8 Å². The van der Waals surface area contributed by atoms with E-state index in [2.05, 4.69) is 151 Å². The van der Waals surface area contributed by atoms with Crippen LogP contribution < -0.4 is 21.7 Å². The monoisotopic (exact) mass is 1420 g/mol. The number of ether oxygens (including phenoxy) is 1. The highest BCUT2D eigenvalue weighted by atomic mass is 19.1. The average Bonchev–Trinajstić information content (AvgIpc) is 0.747. The van der Waals surface area contributed by atoms with Gasteiger partial charge in [-0.25, -0.2) is 9.97 Å². The second-order valence-corrected chi connectivity index (χ2v) is 39.9. The molecule has 5 aromatic rings. The Morgan fingerprint density at radius 2 is 1.03 bits per heavy atom. The number of aliphatic carboxylic acids is 1. The maximum absolute atomic E-state index is 14.7. The lowest BCUT2D eigenvalue weighted by atomic mass is 9.33. The van der Waals surface area contributed by atoms with Gasteiger partial charge in [0.15, 0.2) is 0 Å². The number of anilines is 3. The smallest absolute Gasteiger partial charge is 0.313 e. The third kappa shape index (κ3) is 11.2. The first kappa shape index (κ1) is 73.2. The number of pyridine rings is 2. The summed E-state index contributed by atoms with van der Waals surface area (Å²) in [6, 6.07) is 18.1. The molecule has 562 valence electrons. The Kier molecular flexibility index (Phi) is 18.1. The molecule has 2 saturated heterocycles. The Morgan fingerprint density at radius 3 is 1.49 bits per heavy atom. The molecule has 0 spiro atoms. The molecule has 0 radical (unpaired) electrons. The molecule has 6 saturated carbocycles. The summed E-state index contributed by atoms with van der Waals surface area (Å²) in [4.78, 5) is 40.0. The first-order chi connectivity index (χ1) is 49.1. The van der Waals surface area contributed by atoms with E-state index in [1.54, 1.807) is 6.20 Å². The van der Waals surface area contributed by atoms with Crippen LogP contribution in [0.3, 0.4) is 0 Å². The van der Waals surface area contributed by atoms with Gasteiger partial charge < -0.3 is 31.5 Å². The van der Waals surface area contributed by atoms with Crippen molar-refractivity contribution in [3.63, 3.8) is 0 Å². The van der Waals surface area contributed by atoms with Crippen molar-refractivity contribution in [2.24, 2.45) is 89.7 Å². The van der Waals surface area contributed by atoms with E-state index in [0.29, 0.717) is 35.3 Å². The third-order valence-electron chi connectivity index (χ3n) is 33.0. The van der Waals surface area contributed by atoms with E-state index >= 15 is 0 Å². The van der Waals surface area contributed by atoms with E-state index in [0.717, 1.165) is 139 Å². The zero-order valence-electron chi connectivity index (χ0n) is 65.8. The van der Waals surface area contributed by atoms with Crippen molar-refractivity contribution in [3.05, 3.63) is 123 Å². The van der Waals surface area contributed by atoms with Gasteiger partial charge in [-0.1, -0.05) is 145 Å². The number of aromatic amines is 2. The van der Waals surface area contributed by atoms with Crippen LogP contribution in [0.2, 0.25) is 0 Å². The highest BCUT2D eigenvalue weighted by Crippen LogP contribution is 2.80. The number of carboxylic acid groups (broad SMARTS) is 1. The number of carboxylic acids is 1. The maximum Gasteiger partial charge on any atom is 0.313 e. The molecule has 14 nitrogen and oxygen atoms in total. The molecule has 15 heteroatoms. The Labute approximate surface area is 620 Å². The zero-order valence-corrected chi connectivity index (χ0v) is 65.8. The van der Waals surface area contributed by atoms with Crippen molar-refractivity contribution in [2.45, 2.75) is 268 Å². The molecule has 0 bridgehead atoms. The molecule has 6 unspecified atom stereocenters. The lowest BCUT2D eigenvalue weighted by Gasteiger charge is -2.71. The minimum Gasteiger partial charge on any atom is -0.481 e. The van der Waals surface area contributed by atoms with Gasteiger partial charge in [0.2, 0.25) is 5.95 Å². The molecule has 104 heavy (non-hydrogen) atoms. The van der Waals surface area contributed by atoms with Gasteiger partial charge in [-0.2, -0.15) is 14.6 Å². The summed E-state index contributed by atoms with van der Waals surface area (Å²) in [5.74, 6) is 3.07. The van der Waals surface area contributed by atoms with E-state index in [-0.39, 0.29) is 78.6 Å². The number of hydrogen-bond acceptors (Lipinski definition) is 11. The first-order valence-corrected chi connectivity index (χ1v) is 40.8. The minimum atomic E-state index is -0.686. The zero-order chi connectivity index (χ0) is 73.8. The standard InChI is InChI=1S/C43H55FN4O2.C41H59N5O2.C5H11N/c1-38(2)17-19-43(37(49)50-25-26-11-9-8-10-12-26)20-18-42(7)34(30(43)23-38)28(27-13-14-33(44)46-24-27)21-32-40(5)22-29-35(47-48-36(29)45)39(3,4)31(40)15-16-41(32,42)6;1-36(2)15-17-41(35(47)48)18-16-40(7)32(28(41)23-36)26(25-11-12-31(43-24-25)46-19-9-8-10-20-46)21-30-38(5)22-27-33(44-45-34(27)42)37(3,4)29(38)13-14-39(30,40)6;1-2-4-6-5-3-1/h8-14,24,30-32H,15-23,25H2,1-7H3,(H3,45,47,48);11-12,24,28-30H,8-10,13-23H2,1-7H3,(H,47,48)(H3,42,44,45);6H,1-5H2/t30?,31?,32?,40-,41+,42+,43-;28?,29?,30?,38-,39+,40+,41-;/m00./s1. The van der Waals surface area contributed by atoms with Crippen LogP contribution >= 0.6 is 0 Å². The van der Waals surface area contributed by atoms with E-state index in [9.17, 15) is 19.1 Å². The summed E-state index contributed by atoms with van der Waals surface area (Å²) in [5, 5.41) is 30.2. The fraction of sp³-hybridized carbons (Fsp3) is 0.685. The van der Waals surface area contributed by atoms with E-state index in [1.165, 1.54) is 114 Å². The molecule has 10 aliphatic carbocycles. The molecule has 8 N–H and O–H groups in total. The summed E-state index contributed by atoms with van der Waals surface area (Å²) < 4.78 is 20.8. The number of aromatic nitrogens is 6. The maximum atomic E-state index is 14.7. The topological polar surface area (TPSA) is 214 Å². The number of carbonyl (C=O) groups excluding carboxylic acids is 1. The van der Waals surface area contributed by atoms with Gasteiger partial charge >= 0.3 is 11.9 Å². The number of allylic oxidation sites excluding steroid dienone is 4. The lowest BCUT2D eigenvalue weighted by Crippen LogP contribution is -2.65. The molecule has 14 atom stereocenters. The number of piperidine rings is 2. The SMILES string of the molecule is C1CCNCC1.CC1(C)CC[C@]2(C(=O)O)CC[C@]3(C)C(=C(c4ccc(N5CCCCC5)nc4)CC4[C@@]5(C)Cc6c(N)n[nH]c6C(C)(C)C5CC[C@]43C)C2C1.CC1(C)CC[C@]2(C(=O)OCc3ccccc3)CC[C@]3(C)C(=C(c4ccc(F)nc4)CC4[C@@]5(C)Cc6c(N)n[nH]c6C(C)(C)C5CC[C@]43C)C2C1. The number of nitrogen functional groups attached to an aromatic ring is 2. The van der Waals surface area contributed by atoms with Crippen LogP contribution in [-0.2, 0) is 44.6 Å². The quantitative estimate of drug-likeness (QED) is 0.0663. The van der Waals surface area contributed by atoms with Crippen LogP contribution in [-0.4, -0.2) is 73.6 Å². The summed E-state index contributed by atoms with van der Waals surface area (Å²) in [5.41, 5.74) is 25.4. The number of fused-ring (bicyclic) bond motifs is 16. The second-order valence-electron chi connectivity index (χ2n) is 39.9. The predicted octanol–water partition coefficient (Wildman–Crippen LogP) is 19.2. The van der Waals surface area contributed by atoms with Crippen LogP contribution in [0.25, 0.3) is 11.1 Å². The van der Waals surface area contributed by atoms with Crippen molar-refractivity contribution in [2.75, 3.05) is 42.5 Å². The van der Waals surface area contributed by atoms with E-state index in [1.807, 2.05) is 36.4 Å². The van der Waals surface area contributed by atoms with Crippen LogP contribution in [0.5, 0.6) is 0 Å². The van der Waals surface area contributed by atoms with Gasteiger partial charge in [0.1, 0.15) is 24.1 Å². The number of carbonyl (C=O) groups is 2. The second kappa shape index (κ2) is 25.7.